The van der Waals surface area contributed by atoms with Gasteiger partial charge in [-0.15, -0.1) is 0 Å². The van der Waals surface area contributed by atoms with Gasteiger partial charge in [0, 0.05) is 0 Å². The molecule has 0 atom stereocenters. The van der Waals surface area contributed by atoms with E-state index in [-0.39, 0.29) is 0 Å². The number of nitrogens with zero attached hydrogens (tertiary/aromatic N) is 2. The molecule has 0 aliphatic heterocycles. The van der Waals surface area contributed by atoms with Crippen LogP contribution in [0.4, 0.5) is 0 Å². The molecule has 0 radical (unpaired) electrons. The second-order valence-electron chi connectivity index (χ2n) is 6.12. The first-order chi connectivity index (χ1) is 9.90. The van der Waals surface area contributed by atoms with Gasteiger partial charge in [-0.05, 0) is 25.7 Å². The van der Waals surface area contributed by atoms with Gasteiger partial charge in [0.15, 0.2) is 19.7 Å². The van der Waals surface area contributed by atoms with Crippen molar-refractivity contribution in [3.05, 3.63) is 5.53 Å². The van der Waals surface area contributed by atoms with Crippen molar-refractivity contribution in [2.75, 3.05) is 0 Å². The summed E-state index contributed by atoms with van der Waals surface area (Å²) in [5.41, 5.74) is 9.13. The molecule has 2 aliphatic rings. The lowest BCUT2D eigenvalue weighted by Crippen LogP contribution is -2.42. The van der Waals surface area contributed by atoms with E-state index in [1.165, 1.54) is 0 Å². The lowest BCUT2D eigenvalue weighted by molar-refractivity contribution is 0.472. The summed E-state index contributed by atoms with van der Waals surface area (Å²) in [7, 11) is -7.97. The van der Waals surface area contributed by atoms with Gasteiger partial charge >= 0.3 is 0 Å². The highest BCUT2D eigenvalue weighted by atomic mass is 32.3. The molecule has 2 fully saturated rings. The summed E-state index contributed by atoms with van der Waals surface area (Å²) in [6, 6.07) is 0. The van der Waals surface area contributed by atoms with Crippen molar-refractivity contribution >= 4 is 19.7 Å². The zero-order valence-electron chi connectivity index (χ0n) is 12.1. The van der Waals surface area contributed by atoms with Gasteiger partial charge < -0.3 is 10.6 Å². The first kappa shape index (κ1) is 16.9. The Kier molecular flexibility index (Phi) is 5.40. The van der Waals surface area contributed by atoms with Gasteiger partial charge in [0.2, 0.25) is 4.71 Å². The van der Waals surface area contributed by atoms with E-state index in [0.29, 0.717) is 25.7 Å². The summed E-state index contributed by atoms with van der Waals surface area (Å²) in [6.45, 7) is 0. The third kappa shape index (κ3) is 3.47. The molecule has 2 saturated carbocycles. The summed E-state index contributed by atoms with van der Waals surface area (Å²) in [6.07, 6.45) is 6.95. The SMILES string of the molecule is [N-]=NC(S(=O)(=O)C1CCCCC1)S(=O)(=O)C1CCCCC1. The topological polar surface area (TPSA) is 103 Å². The average Bonchev–Trinajstić information content (AvgIpc) is 2.49. The molecule has 6 nitrogen and oxygen atoms in total. The third-order valence-corrected chi connectivity index (χ3v) is 10.4. The van der Waals surface area contributed by atoms with Crippen LogP contribution in [0.15, 0.2) is 5.11 Å². The molecule has 0 aromatic carbocycles. The predicted octanol–water partition coefficient (Wildman–Crippen LogP) is 2.79. The molecule has 0 aromatic rings. The molecule has 0 saturated heterocycles. The highest BCUT2D eigenvalue weighted by Gasteiger charge is 2.44. The van der Waals surface area contributed by atoms with Crippen LogP contribution in [0.5, 0.6) is 0 Å². The van der Waals surface area contributed by atoms with Gasteiger partial charge in [0.1, 0.15) is 0 Å². The van der Waals surface area contributed by atoms with Crippen LogP contribution in [-0.4, -0.2) is 32.0 Å². The van der Waals surface area contributed by atoms with Gasteiger partial charge in [-0.1, -0.05) is 38.5 Å². The van der Waals surface area contributed by atoms with Gasteiger partial charge in [-0.2, -0.15) is 0 Å². The second-order valence-corrected chi connectivity index (χ2v) is 11.0. The van der Waals surface area contributed by atoms with Crippen LogP contribution in [0.2, 0.25) is 0 Å². The smallest absolute Gasteiger partial charge is 0.233 e. The predicted molar refractivity (Wildman–Crippen MR) is 81.2 cm³/mol. The van der Waals surface area contributed by atoms with Crippen molar-refractivity contribution in [3.63, 3.8) is 0 Å². The second kappa shape index (κ2) is 6.73. The van der Waals surface area contributed by atoms with Gasteiger partial charge in [-0.3, -0.25) is 0 Å². The highest BCUT2D eigenvalue weighted by Crippen LogP contribution is 2.33. The fourth-order valence-corrected chi connectivity index (χ4v) is 8.78. The van der Waals surface area contributed by atoms with E-state index in [0.717, 1.165) is 38.5 Å². The van der Waals surface area contributed by atoms with E-state index in [1.54, 1.807) is 0 Å². The number of rotatable bonds is 5. The summed E-state index contributed by atoms with van der Waals surface area (Å²) >= 11 is 0. The Morgan fingerprint density at radius 1 is 0.714 bits per heavy atom. The minimum atomic E-state index is -3.99. The highest BCUT2D eigenvalue weighted by molar-refractivity contribution is 8.09. The molecule has 21 heavy (non-hydrogen) atoms. The molecule has 0 aromatic heterocycles. The normalized spacial score (nSPS) is 23.3. The van der Waals surface area contributed by atoms with Crippen LogP contribution >= 0.6 is 0 Å². The Morgan fingerprint density at radius 3 is 1.33 bits per heavy atom. The molecule has 2 rings (SSSR count). The molecule has 8 heteroatoms. The van der Waals surface area contributed by atoms with E-state index >= 15 is 0 Å². The Balaban J connectivity index is 2.26. The van der Waals surface area contributed by atoms with E-state index in [9.17, 15) is 16.8 Å². The van der Waals surface area contributed by atoms with Crippen LogP contribution < -0.4 is 0 Å². The summed E-state index contributed by atoms with van der Waals surface area (Å²) < 4.78 is 48.3. The van der Waals surface area contributed by atoms with E-state index in [1.807, 2.05) is 0 Å². The molecule has 0 unspecified atom stereocenters. The first-order valence-electron chi connectivity index (χ1n) is 7.70. The summed E-state index contributed by atoms with van der Waals surface area (Å²) in [4.78, 5) is 0. The first-order valence-corrected chi connectivity index (χ1v) is 10.9. The van der Waals surface area contributed by atoms with Crippen molar-refractivity contribution in [1.82, 2.24) is 0 Å². The van der Waals surface area contributed by atoms with Crippen molar-refractivity contribution in [3.8, 4) is 0 Å². The monoisotopic (exact) mass is 335 g/mol. The van der Waals surface area contributed by atoms with Gasteiger partial charge in [-0.25, -0.2) is 16.8 Å². The Hall–Kier alpha value is -0.500. The Bertz CT molecular complexity index is 511. The van der Waals surface area contributed by atoms with Crippen molar-refractivity contribution < 1.29 is 16.8 Å². The lowest BCUT2D eigenvalue weighted by Gasteiger charge is -2.30. The molecular formula is C13H23N2O4S2-. The molecule has 0 N–H and O–H groups in total. The van der Waals surface area contributed by atoms with E-state index in [4.69, 9.17) is 5.53 Å². The third-order valence-electron chi connectivity index (χ3n) is 4.69. The van der Waals surface area contributed by atoms with Gasteiger partial charge in [0.05, 0.1) is 10.5 Å². The minimum absolute atomic E-state index is 0.467. The van der Waals surface area contributed by atoms with Crippen LogP contribution in [0.25, 0.3) is 5.53 Å². The molecule has 122 valence electrons. The number of hydrogen-bond donors (Lipinski definition) is 0. The maximum Gasteiger partial charge on any atom is 0.233 e. The van der Waals surface area contributed by atoms with Crippen LogP contribution in [-0.2, 0) is 19.7 Å². The van der Waals surface area contributed by atoms with Crippen LogP contribution in [0.1, 0.15) is 64.2 Å². The molecule has 2 aliphatic carbocycles. The average molecular weight is 335 g/mol. The molecule has 0 bridgehead atoms. The van der Waals surface area contributed by atoms with Crippen molar-refractivity contribution in [2.24, 2.45) is 5.11 Å². The minimum Gasteiger partial charge on any atom is -0.710 e. The maximum absolute atomic E-state index is 12.6. The number of sulfone groups is 2. The van der Waals surface area contributed by atoms with Crippen LogP contribution in [0.3, 0.4) is 0 Å². The fraction of sp³-hybridized carbons (Fsp3) is 1.00. The summed E-state index contributed by atoms with van der Waals surface area (Å²) in [5, 5.41) is 1.43. The standard InChI is InChI=1S/C13H23N2O4S2/c14-15-13(20(16,17)11-7-3-1-4-8-11)21(18,19)12-9-5-2-6-10-12/h11-13H,1-10H2/q-1. The lowest BCUT2D eigenvalue weighted by atomic mass is 10.0. The summed E-state index contributed by atoms with van der Waals surface area (Å²) in [5.74, 6) is 0. The molecule has 0 heterocycles. The fourth-order valence-electron chi connectivity index (χ4n) is 3.43. The zero-order valence-corrected chi connectivity index (χ0v) is 13.8. The Labute approximate surface area is 127 Å². The van der Waals surface area contributed by atoms with Crippen LogP contribution in [0, 0.1) is 0 Å². The van der Waals surface area contributed by atoms with Gasteiger partial charge in [0.25, 0.3) is 0 Å². The molecular weight excluding hydrogens is 312 g/mol. The number of hydrogen-bond acceptors (Lipinski definition) is 5. The molecule has 0 spiro atoms. The zero-order chi connectivity index (χ0) is 15.5. The largest absolute Gasteiger partial charge is 0.710 e. The van der Waals surface area contributed by atoms with Crippen molar-refractivity contribution in [1.29, 1.82) is 0 Å². The van der Waals surface area contributed by atoms with E-state index < -0.39 is 34.9 Å². The molecule has 0 amide bonds. The quantitative estimate of drug-likeness (QED) is 0.720. The maximum atomic E-state index is 12.6. The Morgan fingerprint density at radius 2 is 1.05 bits per heavy atom. The van der Waals surface area contributed by atoms with E-state index in [2.05, 4.69) is 5.11 Å². The van der Waals surface area contributed by atoms with Crippen molar-refractivity contribution in [2.45, 2.75) is 79.4 Å².